The van der Waals surface area contributed by atoms with Crippen molar-refractivity contribution < 1.29 is 20.1 Å². The molecule has 0 bridgehead atoms. The first kappa shape index (κ1) is 20.7. The maximum absolute atomic E-state index is 11.2. The number of carboxylic acid groups (broad SMARTS) is 1. The van der Waals surface area contributed by atoms with E-state index < -0.39 is 5.97 Å². The highest BCUT2D eigenvalue weighted by Crippen LogP contribution is 2.68. The fourth-order valence-electron chi connectivity index (χ4n) is 8.73. The lowest BCUT2D eigenvalue weighted by molar-refractivity contribution is -0.174. The average molecular weight is 393 g/mol. The van der Waals surface area contributed by atoms with Gasteiger partial charge in [0.05, 0.1) is 12.2 Å². The number of aliphatic carboxylic acids is 1. The Balaban J connectivity index is 1.55. The zero-order chi connectivity index (χ0) is 20.3. The molecular weight excluding hydrogens is 352 g/mol. The Bertz CT molecular complexity index is 605. The predicted molar refractivity (Wildman–Crippen MR) is 109 cm³/mol. The number of hydrogen-bond acceptors (Lipinski definition) is 3. The van der Waals surface area contributed by atoms with Crippen LogP contribution in [0, 0.1) is 46.3 Å². The van der Waals surface area contributed by atoms with Gasteiger partial charge in [-0.2, -0.15) is 0 Å². The van der Waals surface area contributed by atoms with Gasteiger partial charge in [0, 0.05) is 6.42 Å². The first-order valence-electron chi connectivity index (χ1n) is 11.7. The first-order chi connectivity index (χ1) is 13.2. The lowest BCUT2D eigenvalue weighted by Gasteiger charge is -2.62. The molecule has 4 nitrogen and oxygen atoms in total. The molecule has 0 spiro atoms. The lowest BCUT2D eigenvalue weighted by atomic mass is 9.43. The Hall–Kier alpha value is -0.610. The second-order valence-electron chi connectivity index (χ2n) is 11.4. The van der Waals surface area contributed by atoms with Gasteiger partial charge >= 0.3 is 5.97 Å². The summed E-state index contributed by atoms with van der Waals surface area (Å²) in [5, 5.41) is 30.5. The van der Waals surface area contributed by atoms with Crippen LogP contribution in [0.5, 0.6) is 0 Å². The Morgan fingerprint density at radius 2 is 1.68 bits per heavy atom. The maximum Gasteiger partial charge on any atom is 0.303 e. The van der Waals surface area contributed by atoms with Crippen molar-refractivity contribution in [3.8, 4) is 0 Å². The first-order valence-corrected chi connectivity index (χ1v) is 11.7. The molecule has 4 aliphatic rings. The van der Waals surface area contributed by atoms with Gasteiger partial charge in [-0.15, -0.1) is 0 Å². The largest absolute Gasteiger partial charge is 0.481 e. The normalized spacial score (nSPS) is 51.7. The van der Waals surface area contributed by atoms with Crippen molar-refractivity contribution in [2.45, 2.75) is 97.2 Å². The molecule has 10 atom stereocenters. The van der Waals surface area contributed by atoms with Crippen molar-refractivity contribution in [3.05, 3.63) is 0 Å². The summed E-state index contributed by atoms with van der Waals surface area (Å²) in [7, 11) is 0. The highest BCUT2D eigenvalue weighted by molar-refractivity contribution is 5.66. The Morgan fingerprint density at radius 3 is 2.39 bits per heavy atom. The van der Waals surface area contributed by atoms with Crippen LogP contribution in [0.25, 0.3) is 0 Å². The third kappa shape index (κ3) is 3.14. The molecule has 4 heteroatoms. The lowest BCUT2D eigenvalue weighted by Crippen LogP contribution is -2.58. The van der Waals surface area contributed by atoms with Gasteiger partial charge in [0.2, 0.25) is 0 Å². The van der Waals surface area contributed by atoms with Gasteiger partial charge in [-0.05, 0) is 104 Å². The zero-order valence-electron chi connectivity index (χ0n) is 17.9. The van der Waals surface area contributed by atoms with Gasteiger partial charge in [0.15, 0.2) is 0 Å². The zero-order valence-corrected chi connectivity index (χ0v) is 17.9. The minimum atomic E-state index is -0.684. The van der Waals surface area contributed by atoms with Crippen molar-refractivity contribution in [1.29, 1.82) is 0 Å². The molecular formula is C24H40O4. The molecule has 0 saturated heterocycles. The summed E-state index contributed by atoms with van der Waals surface area (Å²) in [6.07, 6.45) is 9.19. The molecule has 1 unspecified atom stereocenters. The molecule has 4 rings (SSSR count). The van der Waals surface area contributed by atoms with E-state index in [1.54, 1.807) is 0 Å². The summed E-state index contributed by atoms with van der Waals surface area (Å²) in [5.41, 5.74) is 0.523. The predicted octanol–water partition coefficient (Wildman–Crippen LogP) is 4.48. The molecule has 4 saturated carbocycles. The van der Waals surface area contributed by atoms with Crippen LogP contribution < -0.4 is 0 Å². The molecule has 4 aliphatic carbocycles. The van der Waals surface area contributed by atoms with Gasteiger partial charge < -0.3 is 15.3 Å². The Labute approximate surface area is 170 Å². The number of hydrogen-bond donors (Lipinski definition) is 3. The third-order valence-corrected chi connectivity index (χ3v) is 10.2. The van der Waals surface area contributed by atoms with Gasteiger partial charge in [0.25, 0.3) is 0 Å². The van der Waals surface area contributed by atoms with E-state index >= 15 is 0 Å². The number of rotatable bonds is 4. The molecule has 0 aromatic carbocycles. The van der Waals surface area contributed by atoms with Crippen LogP contribution in [0.2, 0.25) is 0 Å². The monoisotopic (exact) mass is 392 g/mol. The molecule has 0 amide bonds. The number of carbonyl (C=O) groups is 1. The van der Waals surface area contributed by atoms with Crippen LogP contribution in [-0.2, 0) is 4.79 Å². The van der Waals surface area contributed by atoms with Crippen LogP contribution in [0.15, 0.2) is 0 Å². The highest BCUT2D eigenvalue weighted by Gasteiger charge is 2.62. The minimum absolute atomic E-state index is 0.179. The number of fused-ring (bicyclic) bond motifs is 5. The fraction of sp³-hybridized carbons (Fsp3) is 0.958. The summed E-state index contributed by atoms with van der Waals surface area (Å²) in [4.78, 5) is 11.1. The van der Waals surface area contributed by atoms with E-state index in [1.807, 2.05) is 0 Å². The summed E-state index contributed by atoms with van der Waals surface area (Å²) < 4.78 is 0. The van der Waals surface area contributed by atoms with Gasteiger partial charge in [-0.1, -0.05) is 20.8 Å². The SMILES string of the molecule is C[C@H](CCC(=O)O)[C@H]1CC[C@H]2C3[C@@H](O)C[C@@H]4C[C@@H](O)CC[C@]4(C)[C@H]3CC[C@]12C. The van der Waals surface area contributed by atoms with Crippen LogP contribution in [0.1, 0.15) is 85.0 Å². The second-order valence-corrected chi connectivity index (χ2v) is 11.4. The van der Waals surface area contributed by atoms with Gasteiger partial charge in [-0.3, -0.25) is 4.79 Å². The number of aliphatic hydroxyl groups excluding tert-OH is 2. The number of aliphatic hydroxyl groups is 2. The van der Waals surface area contributed by atoms with Crippen LogP contribution in [-0.4, -0.2) is 33.5 Å². The molecule has 0 radical (unpaired) electrons. The summed E-state index contributed by atoms with van der Waals surface area (Å²) in [6.45, 7) is 7.16. The molecule has 160 valence electrons. The van der Waals surface area contributed by atoms with Gasteiger partial charge in [0.1, 0.15) is 0 Å². The maximum atomic E-state index is 11.2. The second kappa shape index (κ2) is 7.27. The van der Waals surface area contributed by atoms with E-state index in [0.29, 0.717) is 35.5 Å². The van der Waals surface area contributed by atoms with Crippen LogP contribution in [0.3, 0.4) is 0 Å². The average Bonchev–Trinajstić information content (AvgIpc) is 2.98. The van der Waals surface area contributed by atoms with Crippen molar-refractivity contribution in [2.24, 2.45) is 46.3 Å². The summed E-state index contributed by atoms with van der Waals surface area (Å²) in [5.74, 6) is 2.36. The molecule has 3 N–H and O–H groups in total. The fourth-order valence-corrected chi connectivity index (χ4v) is 8.73. The van der Waals surface area contributed by atoms with E-state index in [0.717, 1.165) is 32.1 Å². The van der Waals surface area contributed by atoms with Crippen molar-refractivity contribution in [3.63, 3.8) is 0 Å². The van der Waals surface area contributed by atoms with Crippen LogP contribution in [0.4, 0.5) is 0 Å². The Kier molecular flexibility index (Phi) is 5.36. The molecule has 0 aliphatic heterocycles. The molecule has 4 fully saturated rings. The standard InChI is InChI=1S/C24H40O4/c1-14(4-7-21(27)28)17-5-6-18-22-19(9-11-24(17,18)3)23(2)10-8-16(25)12-15(23)13-20(22)26/h14-20,22,25-26H,4-13H2,1-3H3,(H,27,28)/t14-,15+,16+,17-,18+,19+,20+,22?,23+,24-/m1/s1. The molecule has 0 aromatic heterocycles. The highest BCUT2D eigenvalue weighted by atomic mass is 16.4. The summed E-state index contributed by atoms with van der Waals surface area (Å²) in [6, 6.07) is 0. The Morgan fingerprint density at radius 1 is 1.00 bits per heavy atom. The topological polar surface area (TPSA) is 77.8 Å². The third-order valence-electron chi connectivity index (χ3n) is 10.2. The van der Waals surface area contributed by atoms with Crippen molar-refractivity contribution >= 4 is 5.97 Å². The van der Waals surface area contributed by atoms with E-state index in [2.05, 4.69) is 20.8 Å². The summed E-state index contributed by atoms with van der Waals surface area (Å²) >= 11 is 0. The molecule has 0 heterocycles. The van der Waals surface area contributed by atoms with E-state index in [1.165, 1.54) is 25.7 Å². The van der Waals surface area contributed by atoms with E-state index in [9.17, 15) is 15.0 Å². The quantitative estimate of drug-likeness (QED) is 0.659. The van der Waals surface area contributed by atoms with E-state index in [-0.39, 0.29) is 29.5 Å². The number of carboxylic acids is 1. The van der Waals surface area contributed by atoms with Crippen molar-refractivity contribution in [1.82, 2.24) is 0 Å². The van der Waals surface area contributed by atoms with Crippen LogP contribution >= 0.6 is 0 Å². The smallest absolute Gasteiger partial charge is 0.303 e. The van der Waals surface area contributed by atoms with Gasteiger partial charge in [-0.25, -0.2) is 0 Å². The molecule has 28 heavy (non-hydrogen) atoms. The van der Waals surface area contributed by atoms with Crippen molar-refractivity contribution in [2.75, 3.05) is 0 Å². The molecule has 0 aromatic rings. The van der Waals surface area contributed by atoms with E-state index in [4.69, 9.17) is 5.11 Å². The minimum Gasteiger partial charge on any atom is -0.481 e.